The molecule has 0 aromatic heterocycles. The normalized spacial score (nSPS) is 14.2. The topological polar surface area (TPSA) is 32.3 Å². The van der Waals surface area contributed by atoms with Gasteiger partial charge in [0.15, 0.2) is 0 Å². The predicted octanol–water partition coefficient (Wildman–Crippen LogP) is 7.42. The highest BCUT2D eigenvalue weighted by Gasteiger charge is 2.29. The molecule has 3 nitrogen and oxygen atoms in total. The van der Waals surface area contributed by atoms with E-state index in [9.17, 15) is 4.79 Å². The van der Waals surface area contributed by atoms with Crippen LogP contribution in [0.2, 0.25) is 0 Å². The summed E-state index contributed by atoms with van der Waals surface area (Å²) in [6, 6.07) is 10.6. The lowest BCUT2D eigenvalue weighted by Gasteiger charge is -2.24. The summed E-state index contributed by atoms with van der Waals surface area (Å²) in [5.41, 5.74) is 5.88. The van der Waals surface area contributed by atoms with Crippen molar-refractivity contribution in [3.63, 3.8) is 0 Å². The van der Waals surface area contributed by atoms with Crippen LogP contribution < -0.4 is 10.2 Å². The van der Waals surface area contributed by atoms with Crippen molar-refractivity contribution < 1.29 is 4.79 Å². The number of carbonyl (C=O) groups excluding carboxylic acids is 1. The van der Waals surface area contributed by atoms with E-state index in [4.69, 9.17) is 0 Å². The fourth-order valence-electron chi connectivity index (χ4n) is 3.62. The predicted molar refractivity (Wildman–Crippen MR) is 132 cm³/mol. The summed E-state index contributed by atoms with van der Waals surface area (Å²) in [4.78, 5) is 15.1. The lowest BCUT2D eigenvalue weighted by Crippen LogP contribution is -2.25. The number of nitrogens with zero attached hydrogens (tertiary/aromatic N) is 1. The van der Waals surface area contributed by atoms with E-state index in [1.165, 1.54) is 31.4 Å². The number of benzene rings is 2. The maximum absolute atomic E-state index is 12.6. The van der Waals surface area contributed by atoms with E-state index in [-0.39, 0.29) is 5.91 Å². The van der Waals surface area contributed by atoms with Crippen LogP contribution in [0.3, 0.4) is 0 Å². The van der Waals surface area contributed by atoms with E-state index < -0.39 is 0 Å². The lowest BCUT2D eigenvalue weighted by molar-refractivity contribution is -0.110. The van der Waals surface area contributed by atoms with Crippen LogP contribution in [0.15, 0.2) is 39.3 Å². The average Bonchev–Trinajstić information content (AvgIpc) is 3.04. The van der Waals surface area contributed by atoms with E-state index in [0.29, 0.717) is 5.57 Å². The summed E-state index contributed by atoms with van der Waals surface area (Å²) in [5, 5.41) is 3.00. The Morgan fingerprint density at radius 3 is 2.21 bits per heavy atom. The Morgan fingerprint density at radius 1 is 1.00 bits per heavy atom. The number of amides is 1. The van der Waals surface area contributed by atoms with E-state index in [0.717, 1.165) is 44.4 Å². The van der Waals surface area contributed by atoms with Crippen LogP contribution in [-0.2, 0) is 4.79 Å². The van der Waals surface area contributed by atoms with Crippen LogP contribution in [0.25, 0.3) is 11.6 Å². The van der Waals surface area contributed by atoms with Crippen molar-refractivity contribution in [1.29, 1.82) is 0 Å². The molecular weight excluding hydrogens is 492 g/mol. The minimum atomic E-state index is -0.0569. The van der Waals surface area contributed by atoms with Crippen LogP contribution in [0.1, 0.15) is 56.2 Å². The highest BCUT2D eigenvalue weighted by molar-refractivity contribution is 9.11. The fraction of sp³-hybridized carbons (Fsp3) is 0.375. The molecule has 5 heteroatoms. The first-order valence-electron chi connectivity index (χ1n) is 10.3. The molecular formula is C24H28Br2N2O. The Labute approximate surface area is 190 Å². The number of carbonyl (C=O) groups is 1. The SMILES string of the molecule is CCCCN(CCCC)c1ccc(C=C2C(=O)Nc3c(Br)cc(Br)c(C)c32)cc1. The maximum atomic E-state index is 12.6. The van der Waals surface area contributed by atoms with Crippen LogP contribution in [0.4, 0.5) is 11.4 Å². The average molecular weight is 520 g/mol. The van der Waals surface area contributed by atoms with Gasteiger partial charge in [-0.05, 0) is 71.1 Å². The second-order valence-corrected chi connectivity index (χ2v) is 9.22. The number of hydrogen-bond acceptors (Lipinski definition) is 2. The van der Waals surface area contributed by atoms with Crippen LogP contribution >= 0.6 is 31.9 Å². The van der Waals surface area contributed by atoms with Crippen LogP contribution in [0, 0.1) is 6.92 Å². The third-order valence-electron chi connectivity index (χ3n) is 5.36. The molecule has 0 saturated heterocycles. The Balaban J connectivity index is 1.90. The van der Waals surface area contributed by atoms with Gasteiger partial charge in [-0.1, -0.05) is 54.8 Å². The van der Waals surface area contributed by atoms with Crippen molar-refractivity contribution in [1.82, 2.24) is 0 Å². The molecule has 1 N–H and O–H groups in total. The molecule has 1 aliphatic rings. The first kappa shape index (κ1) is 22.1. The van der Waals surface area contributed by atoms with E-state index in [1.54, 1.807) is 0 Å². The van der Waals surface area contributed by atoms with E-state index >= 15 is 0 Å². The van der Waals surface area contributed by atoms with Gasteiger partial charge in [-0.15, -0.1) is 0 Å². The van der Waals surface area contributed by atoms with Gasteiger partial charge in [0.1, 0.15) is 0 Å². The first-order chi connectivity index (χ1) is 14.0. The van der Waals surface area contributed by atoms with Crippen molar-refractivity contribution in [3.05, 3.63) is 56.0 Å². The van der Waals surface area contributed by atoms with Gasteiger partial charge in [0.05, 0.1) is 5.69 Å². The molecule has 0 unspecified atom stereocenters. The molecule has 0 bridgehead atoms. The van der Waals surface area contributed by atoms with Crippen molar-refractivity contribution in [2.45, 2.75) is 46.5 Å². The van der Waals surface area contributed by atoms with Gasteiger partial charge in [-0.2, -0.15) is 0 Å². The lowest BCUT2D eigenvalue weighted by atomic mass is 9.99. The van der Waals surface area contributed by atoms with Crippen LogP contribution in [0.5, 0.6) is 0 Å². The molecule has 154 valence electrons. The summed E-state index contributed by atoms with van der Waals surface area (Å²) in [6.07, 6.45) is 6.79. The zero-order valence-electron chi connectivity index (χ0n) is 17.3. The van der Waals surface area contributed by atoms with Crippen molar-refractivity contribution >= 4 is 60.8 Å². The van der Waals surface area contributed by atoms with Gasteiger partial charge in [0, 0.05) is 38.9 Å². The molecule has 0 fully saturated rings. The summed E-state index contributed by atoms with van der Waals surface area (Å²) >= 11 is 7.16. The Morgan fingerprint density at radius 2 is 1.62 bits per heavy atom. The molecule has 2 aromatic carbocycles. The fourth-order valence-corrected chi connectivity index (χ4v) is 4.89. The van der Waals surface area contributed by atoms with E-state index in [1.807, 2.05) is 19.1 Å². The van der Waals surface area contributed by atoms with E-state index in [2.05, 4.69) is 80.2 Å². The highest BCUT2D eigenvalue weighted by atomic mass is 79.9. The molecule has 0 radical (unpaired) electrons. The molecule has 1 amide bonds. The summed E-state index contributed by atoms with van der Waals surface area (Å²) in [6.45, 7) is 8.68. The molecule has 0 spiro atoms. The Hall–Kier alpha value is -1.59. The summed E-state index contributed by atoms with van der Waals surface area (Å²) < 4.78 is 1.88. The second-order valence-electron chi connectivity index (χ2n) is 7.51. The van der Waals surface area contributed by atoms with Crippen molar-refractivity contribution in [3.8, 4) is 0 Å². The van der Waals surface area contributed by atoms with Gasteiger partial charge in [-0.25, -0.2) is 0 Å². The number of unbranched alkanes of at least 4 members (excludes halogenated alkanes) is 2. The van der Waals surface area contributed by atoms with Gasteiger partial charge in [0.2, 0.25) is 0 Å². The number of rotatable bonds is 8. The quantitative estimate of drug-likeness (QED) is 0.368. The Bertz CT molecular complexity index is 911. The van der Waals surface area contributed by atoms with Crippen molar-refractivity contribution in [2.75, 3.05) is 23.3 Å². The zero-order valence-corrected chi connectivity index (χ0v) is 20.5. The Kier molecular flexibility index (Phi) is 7.58. The smallest absolute Gasteiger partial charge is 0.256 e. The number of nitrogens with one attached hydrogen (secondary N) is 1. The molecule has 0 atom stereocenters. The molecule has 0 saturated carbocycles. The van der Waals surface area contributed by atoms with Gasteiger partial charge in [0.25, 0.3) is 5.91 Å². The minimum Gasteiger partial charge on any atom is -0.372 e. The standard InChI is InChI=1S/C24H28Br2N2O/c1-4-6-12-28(13-7-5-2)18-10-8-17(9-11-18)14-19-22-16(3)20(25)15-21(26)23(22)27-24(19)29/h8-11,14-15H,4-7,12-13H2,1-3H3,(H,27,29). The first-order valence-corrected chi connectivity index (χ1v) is 11.9. The monoisotopic (exact) mass is 518 g/mol. The summed E-state index contributed by atoms with van der Waals surface area (Å²) in [5.74, 6) is -0.0569. The molecule has 3 rings (SSSR count). The number of anilines is 2. The van der Waals surface area contributed by atoms with Gasteiger partial charge >= 0.3 is 0 Å². The largest absolute Gasteiger partial charge is 0.372 e. The minimum absolute atomic E-state index is 0.0569. The number of halogens is 2. The van der Waals surface area contributed by atoms with Gasteiger partial charge in [-0.3, -0.25) is 4.79 Å². The molecule has 29 heavy (non-hydrogen) atoms. The summed E-state index contributed by atoms with van der Waals surface area (Å²) in [7, 11) is 0. The maximum Gasteiger partial charge on any atom is 0.256 e. The van der Waals surface area contributed by atoms with Gasteiger partial charge < -0.3 is 10.2 Å². The zero-order chi connectivity index (χ0) is 21.0. The number of hydrogen-bond donors (Lipinski definition) is 1. The molecule has 0 aliphatic carbocycles. The third-order valence-corrected chi connectivity index (χ3v) is 6.81. The highest BCUT2D eigenvalue weighted by Crippen LogP contribution is 2.43. The molecule has 1 heterocycles. The van der Waals surface area contributed by atoms with Crippen molar-refractivity contribution in [2.24, 2.45) is 0 Å². The van der Waals surface area contributed by atoms with Crippen LogP contribution in [-0.4, -0.2) is 19.0 Å². The molecule has 2 aromatic rings. The second kappa shape index (κ2) is 9.94. The molecule has 1 aliphatic heterocycles. The third kappa shape index (κ3) is 4.95. The number of fused-ring (bicyclic) bond motifs is 1.